The zero-order chi connectivity index (χ0) is 20.4. The van der Waals surface area contributed by atoms with Crippen LogP contribution < -0.4 is 5.32 Å². The first-order chi connectivity index (χ1) is 13.9. The monoisotopic (exact) mass is 412 g/mol. The average Bonchev–Trinajstić information content (AvgIpc) is 3.28. The van der Waals surface area contributed by atoms with E-state index in [4.69, 9.17) is 4.52 Å². The van der Waals surface area contributed by atoms with E-state index >= 15 is 0 Å². The molecule has 9 heteroatoms. The molecule has 2 aromatic carbocycles. The van der Waals surface area contributed by atoms with E-state index in [2.05, 4.69) is 14.9 Å². The number of fused-ring (bicyclic) bond motifs is 1. The minimum atomic E-state index is -3.78. The molecule has 4 rings (SSSR count). The molecule has 0 radical (unpaired) electrons. The summed E-state index contributed by atoms with van der Waals surface area (Å²) in [6.45, 7) is 0.806. The normalized spacial score (nSPS) is 15.9. The van der Waals surface area contributed by atoms with Crippen LogP contribution >= 0.6 is 0 Å². The molecule has 1 fully saturated rings. The molecule has 2 heterocycles. The van der Waals surface area contributed by atoms with Gasteiger partial charge in [0.15, 0.2) is 5.58 Å². The van der Waals surface area contributed by atoms with Crippen molar-refractivity contribution in [3.63, 3.8) is 0 Å². The molecule has 29 heavy (non-hydrogen) atoms. The zero-order valence-electron chi connectivity index (χ0n) is 15.8. The predicted molar refractivity (Wildman–Crippen MR) is 109 cm³/mol. The van der Waals surface area contributed by atoms with Gasteiger partial charge in [0.1, 0.15) is 11.5 Å². The van der Waals surface area contributed by atoms with Crippen molar-refractivity contribution in [1.82, 2.24) is 10.1 Å². The number of nitrogens with one attached hydrogen (secondary N) is 1. The standard InChI is InChI=1S/C20H20N4O4S/c1-24-12-4-7-19(24)23-29(26,27)15-10-8-14(9-11-15)21-20(25)13-17-16-5-2-3-6-18(16)28-22-17/h2-3,5-6,8-11H,4,7,12-13H2,1H3,(H,21,25). The summed E-state index contributed by atoms with van der Waals surface area (Å²) in [7, 11) is -1.94. The van der Waals surface area contributed by atoms with Crippen LogP contribution in [0.3, 0.4) is 0 Å². The number of hydrogen-bond donors (Lipinski definition) is 1. The summed E-state index contributed by atoms with van der Waals surface area (Å²) in [6.07, 6.45) is 1.61. The van der Waals surface area contributed by atoms with Crippen molar-refractivity contribution in [2.24, 2.45) is 4.40 Å². The highest BCUT2D eigenvalue weighted by Crippen LogP contribution is 2.21. The fourth-order valence-corrected chi connectivity index (χ4v) is 4.33. The van der Waals surface area contributed by atoms with Crippen LogP contribution in [0, 0.1) is 0 Å². The van der Waals surface area contributed by atoms with Gasteiger partial charge in [0.05, 0.1) is 11.3 Å². The summed E-state index contributed by atoms with van der Waals surface area (Å²) >= 11 is 0. The number of amides is 1. The fourth-order valence-electron chi connectivity index (χ4n) is 3.23. The average molecular weight is 412 g/mol. The maximum atomic E-state index is 12.5. The Labute approximate surface area is 168 Å². The Balaban J connectivity index is 1.44. The number of hydrogen-bond acceptors (Lipinski definition) is 5. The molecule has 0 bridgehead atoms. The molecule has 0 aliphatic carbocycles. The number of benzene rings is 2. The van der Waals surface area contributed by atoms with E-state index in [0.717, 1.165) is 18.4 Å². The Kier molecular flexibility index (Phi) is 5.06. The Morgan fingerprint density at radius 3 is 2.69 bits per heavy atom. The number of sulfonamides is 1. The molecule has 0 unspecified atom stereocenters. The highest BCUT2D eigenvalue weighted by Gasteiger charge is 2.20. The van der Waals surface area contributed by atoms with Crippen LogP contribution in [0.25, 0.3) is 11.0 Å². The van der Waals surface area contributed by atoms with Crippen molar-refractivity contribution < 1.29 is 17.7 Å². The summed E-state index contributed by atoms with van der Waals surface area (Å²) in [6, 6.07) is 13.3. The highest BCUT2D eigenvalue weighted by molar-refractivity contribution is 7.90. The van der Waals surface area contributed by atoms with E-state index in [9.17, 15) is 13.2 Å². The van der Waals surface area contributed by atoms with Crippen molar-refractivity contribution in [3.05, 3.63) is 54.2 Å². The van der Waals surface area contributed by atoms with Gasteiger partial charge in [-0.3, -0.25) is 4.79 Å². The molecule has 0 spiro atoms. The smallest absolute Gasteiger partial charge is 0.283 e. The van der Waals surface area contributed by atoms with E-state index in [1.165, 1.54) is 12.1 Å². The molecular weight excluding hydrogens is 392 g/mol. The molecule has 1 amide bonds. The Morgan fingerprint density at radius 2 is 1.97 bits per heavy atom. The maximum Gasteiger partial charge on any atom is 0.283 e. The van der Waals surface area contributed by atoms with Gasteiger partial charge in [0, 0.05) is 31.1 Å². The number of nitrogens with zero attached hydrogens (tertiary/aromatic N) is 3. The van der Waals surface area contributed by atoms with Gasteiger partial charge in [-0.25, -0.2) is 0 Å². The minimum absolute atomic E-state index is 0.0526. The molecule has 150 valence electrons. The largest absolute Gasteiger partial charge is 0.362 e. The molecule has 1 aromatic heterocycles. The second-order valence-electron chi connectivity index (χ2n) is 6.88. The molecule has 1 N–H and O–H groups in total. The van der Waals surface area contributed by atoms with Gasteiger partial charge in [-0.2, -0.15) is 8.42 Å². The van der Waals surface area contributed by atoms with Gasteiger partial charge in [0.25, 0.3) is 10.0 Å². The number of para-hydroxylation sites is 1. The van der Waals surface area contributed by atoms with Crippen LogP contribution in [0.1, 0.15) is 18.5 Å². The van der Waals surface area contributed by atoms with Gasteiger partial charge in [-0.05, 0) is 42.8 Å². The second-order valence-corrected chi connectivity index (χ2v) is 8.49. The van der Waals surface area contributed by atoms with E-state index in [1.807, 2.05) is 30.1 Å². The number of rotatable bonds is 5. The Hall–Kier alpha value is -3.20. The Bertz CT molecular complexity index is 1180. The molecule has 3 aromatic rings. The maximum absolute atomic E-state index is 12.5. The van der Waals surface area contributed by atoms with Crippen LogP contribution in [-0.2, 0) is 21.2 Å². The van der Waals surface area contributed by atoms with Gasteiger partial charge in [-0.1, -0.05) is 17.3 Å². The van der Waals surface area contributed by atoms with Gasteiger partial charge >= 0.3 is 0 Å². The third-order valence-corrected chi connectivity index (χ3v) is 6.10. The highest BCUT2D eigenvalue weighted by atomic mass is 32.2. The third kappa shape index (κ3) is 4.14. The third-order valence-electron chi connectivity index (χ3n) is 4.78. The van der Waals surface area contributed by atoms with Crippen LogP contribution in [0.4, 0.5) is 5.69 Å². The summed E-state index contributed by atoms with van der Waals surface area (Å²) in [5, 5.41) is 7.48. The lowest BCUT2D eigenvalue weighted by molar-refractivity contribution is -0.115. The number of amidine groups is 1. The first kappa shape index (κ1) is 19.1. The molecule has 0 atom stereocenters. The summed E-state index contributed by atoms with van der Waals surface area (Å²) < 4.78 is 34.1. The lowest BCUT2D eigenvalue weighted by atomic mass is 10.1. The fraction of sp³-hybridized carbons (Fsp3) is 0.250. The first-order valence-electron chi connectivity index (χ1n) is 9.20. The lowest BCUT2D eigenvalue weighted by Gasteiger charge is -2.11. The van der Waals surface area contributed by atoms with Crippen LogP contribution in [-0.4, -0.2) is 43.8 Å². The van der Waals surface area contributed by atoms with E-state index in [0.29, 0.717) is 29.2 Å². The van der Waals surface area contributed by atoms with E-state index < -0.39 is 10.0 Å². The summed E-state index contributed by atoms with van der Waals surface area (Å²) in [4.78, 5) is 14.3. The molecule has 1 aliphatic rings. The predicted octanol–water partition coefficient (Wildman–Crippen LogP) is 2.82. The van der Waals surface area contributed by atoms with Crippen molar-refractivity contribution in [3.8, 4) is 0 Å². The second kappa shape index (κ2) is 7.67. The van der Waals surface area contributed by atoms with E-state index in [-0.39, 0.29) is 17.2 Å². The summed E-state index contributed by atoms with van der Waals surface area (Å²) in [5.74, 6) is 0.301. The SMILES string of the molecule is CN1CCCC1=NS(=O)(=O)c1ccc(NC(=O)Cc2noc3ccccc23)cc1. The van der Waals surface area contributed by atoms with Crippen LogP contribution in [0.5, 0.6) is 0 Å². The number of likely N-dealkylation sites (tertiary alicyclic amines) is 1. The Morgan fingerprint density at radius 1 is 1.21 bits per heavy atom. The molecule has 8 nitrogen and oxygen atoms in total. The van der Waals surface area contributed by atoms with Gasteiger partial charge in [-0.15, -0.1) is 4.40 Å². The zero-order valence-corrected chi connectivity index (χ0v) is 16.6. The van der Waals surface area contributed by atoms with Crippen molar-refractivity contribution >= 4 is 38.4 Å². The molecular formula is C20H20N4O4S. The summed E-state index contributed by atoms with van der Waals surface area (Å²) in [5.41, 5.74) is 1.67. The van der Waals surface area contributed by atoms with Gasteiger partial charge < -0.3 is 14.7 Å². The van der Waals surface area contributed by atoms with E-state index in [1.54, 1.807) is 18.2 Å². The number of anilines is 1. The number of carbonyl (C=O) groups is 1. The van der Waals surface area contributed by atoms with Crippen molar-refractivity contribution in [2.75, 3.05) is 18.9 Å². The quantitative estimate of drug-likeness (QED) is 0.691. The number of aromatic nitrogens is 1. The van der Waals surface area contributed by atoms with Crippen molar-refractivity contribution in [2.45, 2.75) is 24.2 Å². The first-order valence-corrected chi connectivity index (χ1v) is 10.6. The number of carbonyl (C=O) groups excluding carboxylic acids is 1. The topological polar surface area (TPSA) is 105 Å². The van der Waals surface area contributed by atoms with Crippen LogP contribution in [0.15, 0.2) is 62.3 Å². The molecule has 0 saturated carbocycles. The molecule has 1 aliphatic heterocycles. The minimum Gasteiger partial charge on any atom is -0.362 e. The van der Waals surface area contributed by atoms with Gasteiger partial charge in [0.2, 0.25) is 5.91 Å². The molecule has 1 saturated heterocycles. The van der Waals surface area contributed by atoms with Crippen molar-refractivity contribution in [1.29, 1.82) is 0 Å². The lowest BCUT2D eigenvalue weighted by Crippen LogP contribution is -2.20. The van der Waals surface area contributed by atoms with Crippen LogP contribution in [0.2, 0.25) is 0 Å².